The first-order valence-electron chi connectivity index (χ1n) is 8.78. The molecule has 0 heterocycles. The maximum Gasteiger partial charge on any atom is 0.384 e. The van der Waals surface area contributed by atoms with Crippen LogP contribution in [0.4, 0.5) is 58.4 Å². The van der Waals surface area contributed by atoms with Crippen LogP contribution in [-0.2, 0) is 31.1 Å². The van der Waals surface area contributed by atoms with E-state index in [0.29, 0.717) is 12.1 Å². The Kier molecular flexibility index (Phi) is 9.45. The van der Waals surface area contributed by atoms with Gasteiger partial charge in [0, 0.05) is 17.2 Å². The number of nitro benzene ring substituents is 1. The highest BCUT2D eigenvalue weighted by Gasteiger charge is 2.87. The molecule has 0 saturated carbocycles. The molecule has 1 aromatic rings. The maximum absolute atomic E-state index is 13.7. The summed E-state index contributed by atoms with van der Waals surface area (Å²) < 4.78 is 184. The lowest BCUT2D eigenvalue weighted by atomic mass is 9.94. The fraction of sp³-hybridized carbons (Fsp3) is 0.562. The van der Waals surface area contributed by atoms with Gasteiger partial charge in [0.15, 0.2) is 6.61 Å². The molecule has 7 nitrogen and oxygen atoms in total. The number of halogens is 12. The monoisotopic (exact) mass is 605 g/mol. The predicted octanol–water partition coefficient (Wildman–Crippen LogP) is 4.42. The number of benzene rings is 1. The molecule has 1 rings (SSSR count). The Labute approximate surface area is 202 Å². The number of rotatable bonds is 12. The molecule has 0 fully saturated rings. The average Bonchev–Trinajstić information content (AvgIpc) is 2.76. The minimum atomic E-state index is -7.82. The number of esters is 1. The minimum absolute atomic E-state index is 0.160. The van der Waals surface area contributed by atoms with Gasteiger partial charge in [0.2, 0.25) is 0 Å². The van der Waals surface area contributed by atoms with Crippen molar-refractivity contribution < 1.29 is 75.6 Å². The van der Waals surface area contributed by atoms with Crippen LogP contribution in [-0.4, -0.2) is 74.0 Å². The van der Waals surface area contributed by atoms with Crippen LogP contribution in [0, 0.1) is 10.1 Å². The van der Waals surface area contributed by atoms with Crippen molar-refractivity contribution in [2.75, 3.05) is 18.6 Å². The summed E-state index contributed by atoms with van der Waals surface area (Å²) in [7, 11) is -4.65. The highest BCUT2D eigenvalue weighted by Crippen LogP contribution is 2.58. The minimum Gasteiger partial charge on any atom is -0.458 e. The summed E-state index contributed by atoms with van der Waals surface area (Å²) in [5.74, 6) is -40.6. The van der Waals surface area contributed by atoms with E-state index in [1.165, 1.54) is 0 Å². The van der Waals surface area contributed by atoms with Crippen LogP contribution in [0.5, 0.6) is 0 Å². The number of carbonyl (C=O) groups is 1. The molecule has 0 N–H and O–H groups in total. The average molecular weight is 605 g/mol. The number of alkyl halides is 12. The summed E-state index contributed by atoms with van der Waals surface area (Å²) in [6.45, 7) is -3.21. The van der Waals surface area contributed by atoms with Crippen LogP contribution >= 0.6 is 0 Å². The zero-order chi connectivity index (χ0) is 29.4. The largest absolute Gasteiger partial charge is 0.458 e. The van der Waals surface area contributed by atoms with Gasteiger partial charge in [-0.1, -0.05) is 0 Å². The lowest BCUT2D eigenvalue weighted by Gasteiger charge is -2.38. The molecule has 0 aliphatic heterocycles. The second kappa shape index (κ2) is 10.7. The fourth-order valence-electron chi connectivity index (χ4n) is 2.27. The van der Waals surface area contributed by atoms with E-state index in [-0.39, 0.29) is 4.90 Å². The Morgan fingerprint density at radius 2 is 1.49 bits per heavy atom. The highest BCUT2D eigenvalue weighted by molar-refractivity contribution is 7.86. The number of nitrogens with zero attached hydrogens (tertiary/aromatic N) is 1. The van der Waals surface area contributed by atoms with Gasteiger partial charge in [0.05, 0.1) is 26.5 Å². The van der Waals surface area contributed by atoms with Gasteiger partial charge in [-0.15, -0.1) is 0 Å². The first-order valence-corrected chi connectivity index (χ1v) is 11.7. The lowest BCUT2D eigenvalue weighted by Crippen LogP contribution is -2.69. The van der Waals surface area contributed by atoms with Gasteiger partial charge in [-0.3, -0.25) is 23.3 Å². The van der Waals surface area contributed by atoms with Crippen LogP contribution < -0.4 is 0 Å². The van der Waals surface area contributed by atoms with Gasteiger partial charge in [-0.25, -0.2) is 8.78 Å². The summed E-state index contributed by atoms with van der Waals surface area (Å²) in [5.41, 5.74) is -1.00. The number of carbonyl (C=O) groups excluding carboxylic acids is 1. The van der Waals surface area contributed by atoms with E-state index in [1.54, 1.807) is 0 Å². The van der Waals surface area contributed by atoms with Crippen LogP contribution in [0.3, 0.4) is 0 Å². The molecule has 212 valence electrons. The van der Waals surface area contributed by atoms with E-state index in [2.05, 4.69) is 4.74 Å². The van der Waals surface area contributed by atoms with Gasteiger partial charge in [-0.05, 0) is 12.1 Å². The second-order valence-electron chi connectivity index (χ2n) is 6.84. The standard InChI is InChI=1S/C16H11F12NO6S2/c1-36(33)7-2-3-9(8(4-7)29(31)32)37(34)5-10(30)35-6-12(19,20)14(23,24)16(27,28)15(25,26)13(21,22)11(17)18/h2-4,11H,5-6H2,1H3. The zero-order valence-corrected chi connectivity index (χ0v) is 19.1. The zero-order valence-electron chi connectivity index (χ0n) is 17.5. The maximum atomic E-state index is 13.7. The van der Waals surface area contributed by atoms with E-state index in [1.807, 2.05) is 0 Å². The predicted molar refractivity (Wildman–Crippen MR) is 98.4 cm³/mol. The quantitative estimate of drug-likeness (QED) is 0.151. The number of hydrogen-bond acceptors (Lipinski definition) is 6. The Bertz CT molecular complexity index is 1100. The molecule has 2 atom stereocenters. The van der Waals surface area contributed by atoms with E-state index < -0.39 is 91.5 Å². The molecule has 0 spiro atoms. The normalized spacial score (nSPS) is 15.4. The van der Waals surface area contributed by atoms with Crippen molar-refractivity contribution in [3.05, 3.63) is 28.3 Å². The molecule has 0 bridgehead atoms. The third-order valence-electron chi connectivity index (χ3n) is 4.31. The third kappa shape index (κ3) is 6.01. The molecule has 0 radical (unpaired) electrons. The van der Waals surface area contributed by atoms with E-state index in [0.717, 1.165) is 12.3 Å². The van der Waals surface area contributed by atoms with Crippen LogP contribution in [0.25, 0.3) is 0 Å². The van der Waals surface area contributed by atoms with E-state index in [9.17, 15) is 76.0 Å². The lowest BCUT2D eigenvalue weighted by molar-refractivity contribution is -0.414. The van der Waals surface area contributed by atoms with Crippen molar-refractivity contribution >= 4 is 33.3 Å². The summed E-state index contributed by atoms with van der Waals surface area (Å²) in [4.78, 5) is 20.5. The van der Waals surface area contributed by atoms with Gasteiger partial charge in [0.1, 0.15) is 10.6 Å². The number of ether oxygens (including phenoxy) is 1. The topological polar surface area (TPSA) is 104 Å². The molecular weight excluding hydrogens is 594 g/mol. The molecule has 2 unspecified atom stereocenters. The smallest absolute Gasteiger partial charge is 0.384 e. The molecular formula is C16H11F12NO6S2. The Hall–Kier alpha value is -2.45. The summed E-state index contributed by atoms with van der Waals surface area (Å²) in [5, 5.41) is 11.1. The van der Waals surface area contributed by atoms with Crippen LogP contribution in [0.1, 0.15) is 0 Å². The second-order valence-corrected chi connectivity index (χ2v) is 9.64. The number of nitro groups is 1. The molecule has 0 amide bonds. The summed E-state index contributed by atoms with van der Waals surface area (Å²) >= 11 is 0. The first kappa shape index (κ1) is 32.6. The summed E-state index contributed by atoms with van der Waals surface area (Å²) in [6.07, 6.45) is -4.59. The Morgan fingerprint density at radius 3 is 1.92 bits per heavy atom. The molecule has 21 heteroatoms. The van der Waals surface area contributed by atoms with Crippen LogP contribution in [0.2, 0.25) is 0 Å². The van der Waals surface area contributed by atoms with Crippen molar-refractivity contribution in [1.82, 2.24) is 0 Å². The van der Waals surface area contributed by atoms with Crippen molar-refractivity contribution in [1.29, 1.82) is 0 Å². The molecule has 0 aliphatic carbocycles. The summed E-state index contributed by atoms with van der Waals surface area (Å²) in [6, 6.07) is 2.31. The van der Waals surface area contributed by atoms with Crippen molar-refractivity contribution in [3.63, 3.8) is 0 Å². The SMILES string of the molecule is CS(=O)c1ccc(S(=O)CC(=O)OCC(F)(F)C(F)(F)C(F)(F)C(F)(F)C(F)(F)C(F)F)c([N+](=O)[O-])c1. The molecule has 1 aromatic carbocycles. The van der Waals surface area contributed by atoms with Gasteiger partial charge in [-0.2, -0.15) is 43.9 Å². The first-order chi connectivity index (χ1) is 16.5. The fourth-order valence-corrected chi connectivity index (χ4v) is 3.85. The number of hydrogen-bond donors (Lipinski definition) is 0. The third-order valence-corrected chi connectivity index (χ3v) is 6.56. The van der Waals surface area contributed by atoms with Gasteiger partial charge < -0.3 is 4.74 Å². The van der Waals surface area contributed by atoms with Gasteiger partial charge in [0.25, 0.3) is 5.69 Å². The van der Waals surface area contributed by atoms with Crippen molar-refractivity contribution in [2.45, 2.75) is 45.8 Å². The van der Waals surface area contributed by atoms with E-state index >= 15 is 0 Å². The Morgan fingerprint density at radius 1 is 0.973 bits per heavy atom. The molecule has 37 heavy (non-hydrogen) atoms. The molecule has 0 aromatic heterocycles. The molecule has 0 aliphatic rings. The van der Waals surface area contributed by atoms with Crippen molar-refractivity contribution in [3.8, 4) is 0 Å². The van der Waals surface area contributed by atoms with E-state index in [4.69, 9.17) is 0 Å². The molecule has 0 saturated heterocycles. The van der Waals surface area contributed by atoms with Crippen molar-refractivity contribution in [2.24, 2.45) is 0 Å². The highest BCUT2D eigenvalue weighted by atomic mass is 32.2. The van der Waals surface area contributed by atoms with Gasteiger partial charge >= 0.3 is 42.0 Å². The van der Waals surface area contributed by atoms with Crippen LogP contribution in [0.15, 0.2) is 28.0 Å². The Balaban J connectivity index is 3.12.